The standard InChI is InChI=1S/C26H31N5O2S/c1-5-6-7-8-12-27-23(32)15-21-16-34-26-28-19(4)24(25(33)30(21)26)22-14-18(3)31(29-22)20-11-9-10-17(2)13-20/h9-11,13-14,16H,5-8,12,15H2,1-4H3,(H,27,32). The first-order valence-corrected chi connectivity index (χ1v) is 12.7. The van der Waals surface area contributed by atoms with E-state index in [-0.39, 0.29) is 17.9 Å². The summed E-state index contributed by atoms with van der Waals surface area (Å²) in [6, 6.07) is 10.00. The van der Waals surface area contributed by atoms with Crippen LogP contribution in [0.1, 0.15) is 55.3 Å². The average Bonchev–Trinajstić information content (AvgIpc) is 3.37. The number of fused-ring (bicyclic) bond motifs is 1. The number of rotatable bonds is 9. The van der Waals surface area contributed by atoms with Crippen LogP contribution in [0.5, 0.6) is 0 Å². The monoisotopic (exact) mass is 477 g/mol. The molecule has 1 amide bonds. The topological polar surface area (TPSA) is 81.3 Å². The van der Waals surface area contributed by atoms with Gasteiger partial charge < -0.3 is 5.32 Å². The third-order valence-electron chi connectivity index (χ3n) is 5.90. The fourth-order valence-electron chi connectivity index (χ4n) is 4.15. The Balaban J connectivity index is 1.65. The maximum atomic E-state index is 13.6. The van der Waals surface area contributed by atoms with E-state index in [1.807, 2.05) is 55.1 Å². The Kier molecular flexibility index (Phi) is 7.26. The third-order valence-corrected chi connectivity index (χ3v) is 6.78. The minimum atomic E-state index is -0.191. The van der Waals surface area contributed by atoms with Gasteiger partial charge in [-0.05, 0) is 51.0 Å². The van der Waals surface area contributed by atoms with Crippen LogP contribution in [-0.2, 0) is 11.2 Å². The Morgan fingerprint density at radius 2 is 1.94 bits per heavy atom. The Bertz CT molecular complexity index is 1380. The minimum absolute atomic E-state index is 0.0789. The highest BCUT2D eigenvalue weighted by atomic mass is 32.1. The van der Waals surface area contributed by atoms with E-state index >= 15 is 0 Å². The molecular formula is C26H31N5O2S. The van der Waals surface area contributed by atoms with Crippen molar-refractivity contribution in [3.05, 3.63) is 68.7 Å². The maximum Gasteiger partial charge on any atom is 0.268 e. The van der Waals surface area contributed by atoms with Gasteiger partial charge in [-0.1, -0.05) is 38.3 Å². The van der Waals surface area contributed by atoms with E-state index in [0.717, 1.165) is 36.2 Å². The molecule has 1 aromatic carbocycles. The minimum Gasteiger partial charge on any atom is -0.356 e. The van der Waals surface area contributed by atoms with Gasteiger partial charge in [0.1, 0.15) is 5.69 Å². The van der Waals surface area contributed by atoms with E-state index in [1.165, 1.54) is 17.8 Å². The lowest BCUT2D eigenvalue weighted by Crippen LogP contribution is -2.28. The predicted molar refractivity (Wildman–Crippen MR) is 137 cm³/mol. The van der Waals surface area contributed by atoms with Crippen molar-refractivity contribution in [1.29, 1.82) is 0 Å². The zero-order valence-corrected chi connectivity index (χ0v) is 21.0. The molecule has 1 N–H and O–H groups in total. The Morgan fingerprint density at radius 3 is 2.71 bits per heavy atom. The molecule has 0 aliphatic rings. The quantitative estimate of drug-likeness (QED) is 0.352. The van der Waals surface area contributed by atoms with Gasteiger partial charge in [0.2, 0.25) is 5.91 Å². The van der Waals surface area contributed by atoms with Gasteiger partial charge in [-0.25, -0.2) is 9.67 Å². The summed E-state index contributed by atoms with van der Waals surface area (Å²) >= 11 is 1.38. The molecule has 3 heterocycles. The van der Waals surface area contributed by atoms with E-state index in [9.17, 15) is 9.59 Å². The van der Waals surface area contributed by atoms with Crippen molar-refractivity contribution in [1.82, 2.24) is 24.5 Å². The number of hydrogen-bond acceptors (Lipinski definition) is 5. The second-order valence-electron chi connectivity index (χ2n) is 8.73. The first-order valence-electron chi connectivity index (χ1n) is 11.8. The molecule has 4 rings (SSSR count). The molecule has 8 heteroatoms. The van der Waals surface area contributed by atoms with Gasteiger partial charge in [-0.2, -0.15) is 5.10 Å². The van der Waals surface area contributed by atoms with Gasteiger partial charge in [0.15, 0.2) is 4.96 Å². The van der Waals surface area contributed by atoms with Crippen LogP contribution in [0.15, 0.2) is 40.5 Å². The molecule has 0 aliphatic carbocycles. The predicted octanol–water partition coefficient (Wildman–Crippen LogP) is 4.77. The van der Waals surface area contributed by atoms with Crippen molar-refractivity contribution < 1.29 is 4.79 Å². The first kappa shape index (κ1) is 23.9. The largest absolute Gasteiger partial charge is 0.356 e. The third kappa shape index (κ3) is 4.97. The number of benzene rings is 1. The number of amides is 1. The molecule has 0 atom stereocenters. The summed E-state index contributed by atoms with van der Waals surface area (Å²) in [6.45, 7) is 8.67. The molecule has 0 spiro atoms. The number of nitrogens with one attached hydrogen (secondary N) is 1. The van der Waals surface area contributed by atoms with Crippen LogP contribution in [0.4, 0.5) is 0 Å². The van der Waals surface area contributed by atoms with Gasteiger partial charge in [0, 0.05) is 23.3 Å². The van der Waals surface area contributed by atoms with Crippen molar-refractivity contribution in [3.8, 4) is 16.9 Å². The van der Waals surface area contributed by atoms with Crippen LogP contribution in [0.2, 0.25) is 0 Å². The van der Waals surface area contributed by atoms with Crippen molar-refractivity contribution >= 4 is 22.2 Å². The van der Waals surface area contributed by atoms with Gasteiger partial charge in [0.25, 0.3) is 5.56 Å². The number of nitrogens with zero attached hydrogens (tertiary/aromatic N) is 4. The van der Waals surface area contributed by atoms with Gasteiger partial charge in [-0.3, -0.25) is 14.0 Å². The van der Waals surface area contributed by atoms with Crippen LogP contribution in [0.3, 0.4) is 0 Å². The fraction of sp³-hybridized carbons (Fsp3) is 0.385. The number of carbonyl (C=O) groups excluding carboxylic acids is 1. The van der Waals surface area contributed by atoms with Crippen LogP contribution < -0.4 is 10.9 Å². The molecule has 7 nitrogen and oxygen atoms in total. The lowest BCUT2D eigenvalue weighted by atomic mass is 10.1. The molecule has 178 valence electrons. The molecule has 0 fully saturated rings. The van der Waals surface area contributed by atoms with E-state index < -0.39 is 0 Å². The van der Waals surface area contributed by atoms with E-state index in [2.05, 4.69) is 23.3 Å². The molecule has 3 aromatic heterocycles. The van der Waals surface area contributed by atoms with Gasteiger partial charge in [-0.15, -0.1) is 11.3 Å². The normalized spacial score (nSPS) is 11.3. The SMILES string of the molecule is CCCCCCNC(=O)Cc1csc2nc(C)c(-c3cc(C)n(-c4cccc(C)c4)n3)c(=O)n12. The number of unbranched alkanes of at least 4 members (excludes halogenated alkanes) is 3. The Hall–Kier alpha value is -3.26. The van der Waals surface area contributed by atoms with E-state index in [4.69, 9.17) is 5.10 Å². The second-order valence-corrected chi connectivity index (χ2v) is 9.57. The van der Waals surface area contributed by atoms with E-state index in [1.54, 1.807) is 4.40 Å². The summed E-state index contributed by atoms with van der Waals surface area (Å²) in [5.74, 6) is -0.0789. The lowest BCUT2D eigenvalue weighted by Gasteiger charge is -2.07. The highest BCUT2D eigenvalue weighted by molar-refractivity contribution is 7.15. The van der Waals surface area contributed by atoms with Crippen LogP contribution >= 0.6 is 11.3 Å². The highest BCUT2D eigenvalue weighted by Crippen LogP contribution is 2.23. The zero-order chi connectivity index (χ0) is 24.2. The highest BCUT2D eigenvalue weighted by Gasteiger charge is 2.20. The number of carbonyl (C=O) groups is 1. The first-order chi connectivity index (χ1) is 16.4. The number of aromatic nitrogens is 4. The zero-order valence-electron chi connectivity index (χ0n) is 20.2. The van der Waals surface area contributed by atoms with Gasteiger partial charge in [0.05, 0.1) is 23.4 Å². The molecular weight excluding hydrogens is 446 g/mol. The molecule has 0 radical (unpaired) electrons. The molecule has 34 heavy (non-hydrogen) atoms. The molecule has 4 aromatic rings. The van der Waals surface area contributed by atoms with Crippen molar-refractivity contribution in [3.63, 3.8) is 0 Å². The average molecular weight is 478 g/mol. The number of thiazole rings is 1. The number of hydrogen-bond donors (Lipinski definition) is 1. The van der Waals surface area contributed by atoms with Crippen LogP contribution in [0, 0.1) is 20.8 Å². The molecule has 0 saturated carbocycles. The maximum absolute atomic E-state index is 13.6. The van der Waals surface area contributed by atoms with E-state index in [0.29, 0.717) is 34.2 Å². The molecule has 0 bridgehead atoms. The smallest absolute Gasteiger partial charge is 0.268 e. The summed E-state index contributed by atoms with van der Waals surface area (Å²) in [7, 11) is 0. The lowest BCUT2D eigenvalue weighted by molar-refractivity contribution is -0.120. The van der Waals surface area contributed by atoms with Crippen LogP contribution in [-0.4, -0.2) is 31.6 Å². The summed E-state index contributed by atoms with van der Waals surface area (Å²) < 4.78 is 3.40. The van der Waals surface area contributed by atoms with Crippen molar-refractivity contribution in [2.24, 2.45) is 0 Å². The fourth-order valence-corrected chi connectivity index (χ4v) is 5.07. The van der Waals surface area contributed by atoms with Crippen molar-refractivity contribution in [2.45, 2.75) is 59.8 Å². The summed E-state index contributed by atoms with van der Waals surface area (Å²) in [4.78, 5) is 31.4. The summed E-state index contributed by atoms with van der Waals surface area (Å²) in [5, 5.41) is 9.56. The molecule has 0 unspecified atom stereocenters. The summed E-state index contributed by atoms with van der Waals surface area (Å²) in [5.41, 5.74) is 5.16. The number of aryl methyl sites for hydroxylation is 3. The Labute approximate surface area is 203 Å². The summed E-state index contributed by atoms with van der Waals surface area (Å²) in [6.07, 6.45) is 4.56. The Morgan fingerprint density at radius 1 is 1.12 bits per heavy atom. The van der Waals surface area contributed by atoms with Gasteiger partial charge >= 0.3 is 0 Å². The van der Waals surface area contributed by atoms with Crippen molar-refractivity contribution in [2.75, 3.05) is 6.54 Å². The molecule has 0 aliphatic heterocycles. The molecule has 0 saturated heterocycles. The second kappa shape index (κ2) is 10.3. The van der Waals surface area contributed by atoms with Crippen LogP contribution in [0.25, 0.3) is 21.9 Å².